The van der Waals surface area contributed by atoms with Crippen molar-refractivity contribution in [1.82, 2.24) is 15.1 Å². The SMILES string of the molecule is CNCc1ccn(-c2ccc(Cl)cc2)n1. The van der Waals surface area contributed by atoms with Crippen molar-refractivity contribution in [2.75, 3.05) is 7.05 Å². The van der Waals surface area contributed by atoms with Crippen molar-refractivity contribution in [3.8, 4) is 5.69 Å². The van der Waals surface area contributed by atoms with E-state index in [-0.39, 0.29) is 0 Å². The van der Waals surface area contributed by atoms with Gasteiger partial charge in [-0.25, -0.2) is 4.68 Å². The highest BCUT2D eigenvalue weighted by atomic mass is 35.5. The summed E-state index contributed by atoms with van der Waals surface area (Å²) in [6.45, 7) is 0.778. The quantitative estimate of drug-likeness (QED) is 0.862. The van der Waals surface area contributed by atoms with Crippen LogP contribution in [0.1, 0.15) is 5.69 Å². The fourth-order valence-corrected chi connectivity index (χ4v) is 1.50. The molecule has 0 aliphatic heterocycles. The second-order valence-corrected chi connectivity index (χ2v) is 3.69. The molecule has 78 valence electrons. The fraction of sp³-hybridized carbons (Fsp3) is 0.182. The molecular weight excluding hydrogens is 210 g/mol. The predicted molar refractivity (Wildman–Crippen MR) is 61.3 cm³/mol. The lowest BCUT2D eigenvalue weighted by Gasteiger charge is -2.00. The number of benzene rings is 1. The normalized spacial score (nSPS) is 10.5. The van der Waals surface area contributed by atoms with Crippen molar-refractivity contribution >= 4 is 11.6 Å². The molecule has 0 bridgehead atoms. The molecule has 0 aliphatic rings. The van der Waals surface area contributed by atoms with Crippen molar-refractivity contribution in [3.05, 3.63) is 47.2 Å². The molecule has 2 rings (SSSR count). The van der Waals surface area contributed by atoms with Crippen LogP contribution < -0.4 is 5.32 Å². The Kier molecular flexibility index (Phi) is 3.04. The second kappa shape index (κ2) is 4.47. The van der Waals surface area contributed by atoms with Gasteiger partial charge in [-0.05, 0) is 37.4 Å². The number of hydrogen-bond acceptors (Lipinski definition) is 2. The average Bonchev–Trinajstić information content (AvgIpc) is 2.68. The van der Waals surface area contributed by atoms with E-state index in [4.69, 9.17) is 11.6 Å². The van der Waals surface area contributed by atoms with E-state index >= 15 is 0 Å². The van der Waals surface area contributed by atoms with Crippen LogP contribution in [0.3, 0.4) is 0 Å². The molecule has 1 aromatic carbocycles. The van der Waals surface area contributed by atoms with Crippen molar-refractivity contribution in [1.29, 1.82) is 0 Å². The monoisotopic (exact) mass is 221 g/mol. The molecule has 0 saturated heterocycles. The van der Waals surface area contributed by atoms with Crippen molar-refractivity contribution in [2.24, 2.45) is 0 Å². The molecule has 0 saturated carbocycles. The lowest BCUT2D eigenvalue weighted by atomic mass is 10.3. The first kappa shape index (κ1) is 10.2. The summed E-state index contributed by atoms with van der Waals surface area (Å²) in [5.41, 5.74) is 2.04. The molecule has 3 nitrogen and oxygen atoms in total. The molecular formula is C11H12ClN3. The number of rotatable bonds is 3. The Labute approximate surface area is 93.7 Å². The van der Waals surface area contributed by atoms with Crippen LogP contribution in [0.2, 0.25) is 5.02 Å². The molecule has 1 N–H and O–H groups in total. The van der Waals surface area contributed by atoms with Gasteiger partial charge in [-0.3, -0.25) is 0 Å². The topological polar surface area (TPSA) is 29.9 Å². The Morgan fingerprint density at radius 1 is 1.27 bits per heavy atom. The van der Waals surface area contributed by atoms with Gasteiger partial charge < -0.3 is 5.32 Å². The maximum atomic E-state index is 5.81. The fourth-order valence-electron chi connectivity index (χ4n) is 1.37. The van der Waals surface area contributed by atoms with Crippen LogP contribution >= 0.6 is 11.6 Å². The molecule has 1 heterocycles. The summed E-state index contributed by atoms with van der Waals surface area (Å²) >= 11 is 5.81. The van der Waals surface area contributed by atoms with E-state index in [1.54, 1.807) is 0 Å². The van der Waals surface area contributed by atoms with Gasteiger partial charge in [-0.2, -0.15) is 5.10 Å². The Morgan fingerprint density at radius 2 is 2.00 bits per heavy atom. The van der Waals surface area contributed by atoms with Gasteiger partial charge in [0.15, 0.2) is 0 Å². The van der Waals surface area contributed by atoms with E-state index in [9.17, 15) is 0 Å². The molecule has 0 radical (unpaired) electrons. The van der Waals surface area contributed by atoms with Gasteiger partial charge in [0, 0.05) is 17.8 Å². The summed E-state index contributed by atoms with van der Waals surface area (Å²) in [6.07, 6.45) is 1.94. The molecule has 0 spiro atoms. The first-order chi connectivity index (χ1) is 7.29. The third-order valence-electron chi connectivity index (χ3n) is 2.09. The molecule has 0 unspecified atom stereocenters. The number of hydrogen-bond donors (Lipinski definition) is 1. The van der Waals surface area contributed by atoms with Crippen molar-refractivity contribution in [3.63, 3.8) is 0 Å². The Balaban J connectivity index is 2.25. The van der Waals surface area contributed by atoms with Crippen molar-refractivity contribution in [2.45, 2.75) is 6.54 Å². The van der Waals surface area contributed by atoms with Crippen LogP contribution in [0.15, 0.2) is 36.5 Å². The highest BCUT2D eigenvalue weighted by molar-refractivity contribution is 6.30. The number of halogens is 1. The van der Waals surface area contributed by atoms with Gasteiger partial charge in [0.05, 0.1) is 11.4 Å². The number of aromatic nitrogens is 2. The van der Waals surface area contributed by atoms with Gasteiger partial charge in [0.2, 0.25) is 0 Å². The van der Waals surface area contributed by atoms with E-state index in [1.165, 1.54) is 0 Å². The molecule has 4 heteroatoms. The van der Waals surface area contributed by atoms with Gasteiger partial charge in [0.25, 0.3) is 0 Å². The average molecular weight is 222 g/mol. The lowest BCUT2D eigenvalue weighted by Crippen LogP contribution is -2.06. The van der Waals surface area contributed by atoms with Crippen LogP contribution in [0, 0.1) is 0 Å². The third-order valence-corrected chi connectivity index (χ3v) is 2.35. The van der Waals surface area contributed by atoms with Crippen LogP contribution in [-0.4, -0.2) is 16.8 Å². The zero-order valence-corrected chi connectivity index (χ0v) is 9.20. The predicted octanol–water partition coefficient (Wildman–Crippen LogP) is 2.25. The summed E-state index contributed by atoms with van der Waals surface area (Å²) < 4.78 is 1.84. The molecule has 15 heavy (non-hydrogen) atoms. The Bertz CT molecular complexity index is 433. The van der Waals surface area contributed by atoms with E-state index in [0.29, 0.717) is 0 Å². The number of nitrogens with zero attached hydrogens (tertiary/aromatic N) is 2. The van der Waals surface area contributed by atoms with Crippen LogP contribution in [0.5, 0.6) is 0 Å². The molecule has 0 fully saturated rings. The van der Waals surface area contributed by atoms with Gasteiger partial charge in [0.1, 0.15) is 0 Å². The minimum Gasteiger partial charge on any atom is -0.314 e. The van der Waals surface area contributed by atoms with Crippen LogP contribution in [-0.2, 0) is 6.54 Å². The highest BCUT2D eigenvalue weighted by Crippen LogP contribution is 2.12. The minimum absolute atomic E-state index is 0.737. The molecule has 0 aliphatic carbocycles. The molecule has 0 amide bonds. The Morgan fingerprint density at radius 3 is 2.67 bits per heavy atom. The highest BCUT2D eigenvalue weighted by Gasteiger charge is 1.99. The zero-order valence-electron chi connectivity index (χ0n) is 8.44. The first-order valence-corrected chi connectivity index (χ1v) is 5.12. The summed E-state index contributed by atoms with van der Waals surface area (Å²) in [6, 6.07) is 9.59. The van der Waals surface area contributed by atoms with E-state index in [1.807, 2.05) is 48.3 Å². The largest absolute Gasteiger partial charge is 0.314 e. The molecule has 1 aromatic heterocycles. The standard InChI is InChI=1S/C11H12ClN3/c1-13-8-10-6-7-15(14-10)11-4-2-9(12)3-5-11/h2-7,13H,8H2,1H3. The van der Waals surface area contributed by atoms with Gasteiger partial charge >= 0.3 is 0 Å². The van der Waals surface area contributed by atoms with Crippen LogP contribution in [0.25, 0.3) is 5.69 Å². The minimum atomic E-state index is 0.737. The Hall–Kier alpha value is -1.32. The smallest absolute Gasteiger partial charge is 0.0766 e. The summed E-state index contributed by atoms with van der Waals surface area (Å²) in [5, 5.41) is 8.21. The third kappa shape index (κ3) is 2.37. The van der Waals surface area contributed by atoms with E-state index in [0.717, 1.165) is 22.9 Å². The zero-order chi connectivity index (χ0) is 10.7. The van der Waals surface area contributed by atoms with E-state index in [2.05, 4.69) is 10.4 Å². The van der Waals surface area contributed by atoms with Crippen molar-refractivity contribution < 1.29 is 0 Å². The maximum absolute atomic E-state index is 5.81. The lowest BCUT2D eigenvalue weighted by molar-refractivity contribution is 0.757. The van der Waals surface area contributed by atoms with Crippen LogP contribution in [0.4, 0.5) is 0 Å². The maximum Gasteiger partial charge on any atom is 0.0766 e. The molecule has 0 atom stereocenters. The second-order valence-electron chi connectivity index (χ2n) is 3.26. The number of nitrogens with one attached hydrogen (secondary N) is 1. The summed E-state index contributed by atoms with van der Waals surface area (Å²) in [5.74, 6) is 0. The van der Waals surface area contributed by atoms with Gasteiger partial charge in [-0.15, -0.1) is 0 Å². The van der Waals surface area contributed by atoms with E-state index < -0.39 is 0 Å². The first-order valence-electron chi connectivity index (χ1n) is 4.74. The summed E-state index contributed by atoms with van der Waals surface area (Å²) in [4.78, 5) is 0. The summed E-state index contributed by atoms with van der Waals surface area (Å²) in [7, 11) is 1.90. The van der Waals surface area contributed by atoms with Gasteiger partial charge in [-0.1, -0.05) is 11.6 Å². The molecule has 2 aromatic rings.